The molecular weight excluding hydrogens is 537 g/mol. The number of carboxylic acids is 1. The molecule has 0 saturated carbocycles. The molecule has 7 nitrogen and oxygen atoms in total. The Morgan fingerprint density at radius 2 is 1.67 bits per heavy atom. The summed E-state index contributed by atoms with van der Waals surface area (Å²) in [6.07, 6.45) is 2.47. The Hall–Kier alpha value is -3.23. The predicted octanol–water partition coefficient (Wildman–Crippen LogP) is 6.78. The molecule has 0 aromatic heterocycles. The Balaban J connectivity index is 1.66. The van der Waals surface area contributed by atoms with Crippen LogP contribution in [0.25, 0.3) is 0 Å². The van der Waals surface area contributed by atoms with Crippen LogP contribution in [-0.2, 0) is 29.2 Å². The van der Waals surface area contributed by atoms with E-state index in [1.54, 1.807) is 12.1 Å². The van der Waals surface area contributed by atoms with Gasteiger partial charge in [-0.3, -0.25) is 9.59 Å². The molecule has 2 aromatic rings. The summed E-state index contributed by atoms with van der Waals surface area (Å²) in [5.74, 6) is -2.54. The van der Waals surface area contributed by atoms with E-state index in [1.165, 1.54) is 12.1 Å². The zero-order valence-electron chi connectivity index (χ0n) is 25.7. The van der Waals surface area contributed by atoms with Gasteiger partial charge in [-0.2, -0.15) is 0 Å². The number of benzene rings is 2. The second-order valence-electron chi connectivity index (χ2n) is 13.1. The zero-order chi connectivity index (χ0) is 30.9. The molecule has 2 aliphatic heterocycles. The van der Waals surface area contributed by atoms with Gasteiger partial charge in [0, 0.05) is 18.7 Å². The molecule has 1 N–H and O–H groups in total. The standard InChI is InChI=1S/C34H44FNO6/c1-22(2)28-21-34(31(38)39,24-11-9-8-10-12-24)30(23-13-15-25(35)16-14-23)36(28)18-17-26-19-27(41-33(6,7)40-26)20-29(37)42-32(3,4)5/h8-16,21-22,26-27,30H,17-20H2,1-7H3,(H,38,39). The minimum absolute atomic E-state index is 0.0323. The molecule has 1 fully saturated rings. The van der Waals surface area contributed by atoms with Crippen LogP contribution in [0.5, 0.6) is 0 Å². The van der Waals surface area contributed by atoms with Crippen LogP contribution in [0.4, 0.5) is 4.39 Å². The van der Waals surface area contributed by atoms with Crippen molar-refractivity contribution >= 4 is 11.9 Å². The third-order valence-electron chi connectivity index (χ3n) is 7.77. The Labute approximate surface area is 248 Å². The number of hydrogen-bond acceptors (Lipinski definition) is 6. The Morgan fingerprint density at radius 3 is 2.24 bits per heavy atom. The smallest absolute Gasteiger partial charge is 0.320 e. The largest absolute Gasteiger partial charge is 0.480 e. The number of rotatable bonds is 9. The van der Waals surface area contributed by atoms with Crippen molar-refractivity contribution in [3.63, 3.8) is 0 Å². The van der Waals surface area contributed by atoms with Crippen molar-refractivity contribution in [3.8, 4) is 0 Å². The van der Waals surface area contributed by atoms with E-state index in [-0.39, 0.29) is 36.3 Å². The first kappa shape index (κ1) is 31.7. The van der Waals surface area contributed by atoms with Crippen LogP contribution >= 0.6 is 0 Å². The van der Waals surface area contributed by atoms with Gasteiger partial charge < -0.3 is 24.2 Å². The Bertz CT molecular complexity index is 1280. The maximum Gasteiger partial charge on any atom is 0.320 e. The lowest BCUT2D eigenvalue weighted by Crippen LogP contribution is -2.47. The highest BCUT2D eigenvalue weighted by molar-refractivity contribution is 5.87. The van der Waals surface area contributed by atoms with Gasteiger partial charge in [-0.25, -0.2) is 4.39 Å². The number of esters is 1. The fourth-order valence-corrected chi connectivity index (χ4v) is 6.27. The lowest BCUT2D eigenvalue weighted by atomic mass is 9.72. The molecular formula is C34H44FNO6. The van der Waals surface area contributed by atoms with E-state index in [1.807, 2.05) is 71.0 Å². The monoisotopic (exact) mass is 581 g/mol. The van der Waals surface area contributed by atoms with Crippen molar-refractivity contribution < 1.29 is 33.3 Å². The fraction of sp³-hybridized carbons (Fsp3) is 0.529. The molecule has 2 aromatic carbocycles. The van der Waals surface area contributed by atoms with Gasteiger partial charge in [-0.15, -0.1) is 0 Å². The van der Waals surface area contributed by atoms with E-state index in [2.05, 4.69) is 18.7 Å². The van der Waals surface area contributed by atoms with Crippen LogP contribution < -0.4 is 0 Å². The highest BCUT2D eigenvalue weighted by Gasteiger charge is 2.54. The van der Waals surface area contributed by atoms with Gasteiger partial charge in [0.25, 0.3) is 0 Å². The molecule has 42 heavy (non-hydrogen) atoms. The molecule has 4 atom stereocenters. The van der Waals surface area contributed by atoms with Crippen molar-refractivity contribution in [1.29, 1.82) is 0 Å². The van der Waals surface area contributed by atoms with E-state index in [4.69, 9.17) is 14.2 Å². The summed E-state index contributed by atoms with van der Waals surface area (Å²) in [6.45, 7) is 13.8. The number of nitrogens with zero attached hydrogens (tertiary/aromatic N) is 1. The minimum Gasteiger partial charge on any atom is -0.480 e. The first-order valence-corrected chi connectivity index (χ1v) is 14.7. The third kappa shape index (κ3) is 7.04. The molecule has 8 heteroatoms. The van der Waals surface area contributed by atoms with E-state index >= 15 is 0 Å². The molecule has 0 aliphatic carbocycles. The second kappa shape index (κ2) is 12.2. The maximum atomic E-state index is 14.0. The van der Waals surface area contributed by atoms with Crippen molar-refractivity contribution in [2.24, 2.45) is 5.92 Å². The molecule has 4 rings (SSSR count). The van der Waals surface area contributed by atoms with Crippen LogP contribution in [0.1, 0.15) is 84.9 Å². The summed E-state index contributed by atoms with van der Waals surface area (Å²) in [6, 6.07) is 14.7. The van der Waals surface area contributed by atoms with E-state index in [0.29, 0.717) is 30.5 Å². The highest BCUT2D eigenvalue weighted by Crippen LogP contribution is 2.52. The van der Waals surface area contributed by atoms with Gasteiger partial charge in [-0.1, -0.05) is 56.3 Å². The van der Waals surface area contributed by atoms with Gasteiger partial charge in [0.05, 0.1) is 24.7 Å². The van der Waals surface area contributed by atoms with Crippen molar-refractivity contribution in [2.75, 3.05) is 6.54 Å². The Morgan fingerprint density at radius 1 is 1.05 bits per heavy atom. The van der Waals surface area contributed by atoms with Crippen LogP contribution in [0.3, 0.4) is 0 Å². The number of carboxylic acid groups (broad SMARTS) is 1. The lowest BCUT2D eigenvalue weighted by molar-refractivity contribution is -0.301. The maximum absolute atomic E-state index is 14.0. The van der Waals surface area contributed by atoms with Gasteiger partial charge in [0.1, 0.15) is 16.8 Å². The summed E-state index contributed by atoms with van der Waals surface area (Å²) >= 11 is 0. The molecule has 4 unspecified atom stereocenters. The molecule has 0 amide bonds. The molecule has 2 aliphatic rings. The first-order chi connectivity index (χ1) is 19.6. The van der Waals surface area contributed by atoms with Gasteiger partial charge in [-0.05, 0) is 76.3 Å². The average Bonchev–Trinajstić information content (AvgIpc) is 3.23. The topological polar surface area (TPSA) is 85.3 Å². The quantitative estimate of drug-likeness (QED) is 0.327. The third-order valence-corrected chi connectivity index (χ3v) is 7.77. The summed E-state index contributed by atoms with van der Waals surface area (Å²) in [4.78, 5) is 28.0. The lowest BCUT2D eigenvalue weighted by Gasteiger charge is -2.43. The van der Waals surface area contributed by atoms with Crippen molar-refractivity contribution in [3.05, 3.63) is 83.3 Å². The van der Waals surface area contributed by atoms with E-state index in [0.717, 1.165) is 5.70 Å². The molecule has 228 valence electrons. The number of hydrogen-bond donors (Lipinski definition) is 1. The average molecular weight is 582 g/mol. The molecule has 1 saturated heterocycles. The molecule has 2 heterocycles. The fourth-order valence-electron chi connectivity index (χ4n) is 6.27. The zero-order valence-corrected chi connectivity index (χ0v) is 25.7. The summed E-state index contributed by atoms with van der Waals surface area (Å²) in [7, 11) is 0. The van der Waals surface area contributed by atoms with Gasteiger partial charge in [0.15, 0.2) is 5.79 Å². The van der Waals surface area contributed by atoms with Gasteiger partial charge in [0.2, 0.25) is 0 Å². The summed E-state index contributed by atoms with van der Waals surface area (Å²) in [5, 5.41) is 10.9. The molecule has 0 spiro atoms. The number of carbonyl (C=O) groups excluding carboxylic acids is 1. The van der Waals surface area contributed by atoms with Crippen LogP contribution in [0.2, 0.25) is 0 Å². The molecule has 0 radical (unpaired) electrons. The van der Waals surface area contributed by atoms with Crippen molar-refractivity contribution in [2.45, 2.75) is 103 Å². The van der Waals surface area contributed by atoms with Gasteiger partial charge >= 0.3 is 11.9 Å². The normalized spacial score (nSPS) is 25.8. The number of halogens is 1. The number of allylic oxidation sites excluding steroid dienone is 1. The minimum atomic E-state index is -1.38. The van der Waals surface area contributed by atoms with Crippen molar-refractivity contribution in [1.82, 2.24) is 4.90 Å². The summed E-state index contributed by atoms with van der Waals surface area (Å²) < 4.78 is 31.9. The SMILES string of the molecule is CC(C)C1=CC(C(=O)O)(c2ccccc2)C(c2ccc(F)cc2)N1CCC1CC(CC(=O)OC(C)(C)C)OC(C)(C)O1. The highest BCUT2D eigenvalue weighted by atomic mass is 19.1. The van der Waals surface area contributed by atoms with E-state index in [9.17, 15) is 19.1 Å². The Kier molecular flexibility index (Phi) is 9.19. The van der Waals surface area contributed by atoms with Crippen LogP contribution in [-0.4, -0.2) is 52.1 Å². The number of ether oxygens (including phenoxy) is 3. The van der Waals surface area contributed by atoms with Crippen LogP contribution in [0.15, 0.2) is 66.4 Å². The predicted molar refractivity (Wildman–Crippen MR) is 158 cm³/mol. The number of carbonyl (C=O) groups is 2. The van der Waals surface area contributed by atoms with Crippen LogP contribution in [0, 0.1) is 11.7 Å². The van der Waals surface area contributed by atoms with E-state index < -0.39 is 28.8 Å². The molecule has 0 bridgehead atoms. The second-order valence-corrected chi connectivity index (χ2v) is 13.1. The number of aliphatic carboxylic acids is 1. The first-order valence-electron chi connectivity index (χ1n) is 14.7. The summed E-state index contributed by atoms with van der Waals surface area (Å²) in [5.41, 5.74) is 0.316.